The monoisotopic (exact) mass is 406 g/mol. The van der Waals surface area contributed by atoms with Crippen LogP contribution >= 0.6 is 0 Å². The van der Waals surface area contributed by atoms with Crippen LogP contribution in [-0.4, -0.2) is 21.5 Å². The van der Waals surface area contributed by atoms with Gasteiger partial charge in [0.05, 0.1) is 5.92 Å². The van der Waals surface area contributed by atoms with Crippen molar-refractivity contribution in [2.75, 3.05) is 0 Å². The molecule has 1 aromatic heterocycles. The first kappa shape index (κ1) is 22.3. The van der Waals surface area contributed by atoms with Crippen molar-refractivity contribution in [3.63, 3.8) is 0 Å². The summed E-state index contributed by atoms with van der Waals surface area (Å²) >= 11 is 0. The fourth-order valence-electron chi connectivity index (χ4n) is 4.40. The standard InChI is InChI=1S/C26H34N2O2/c1-3-5-6-8-21-17-27-26(28-18-21)22-12-9-20(10-13-22)16-25(30)23-14-11-19(7-4-2)15-24(23)29/h9-10,12-13,17-19,23H,3-8,11,14-16H2,1-2H3. The second-order valence-corrected chi connectivity index (χ2v) is 8.67. The number of ketones is 2. The summed E-state index contributed by atoms with van der Waals surface area (Å²) in [5, 5.41) is 0. The van der Waals surface area contributed by atoms with Crippen molar-refractivity contribution in [1.82, 2.24) is 9.97 Å². The van der Waals surface area contributed by atoms with Gasteiger partial charge in [-0.3, -0.25) is 9.59 Å². The van der Waals surface area contributed by atoms with E-state index in [0.29, 0.717) is 24.6 Å². The molecule has 0 aliphatic heterocycles. The summed E-state index contributed by atoms with van der Waals surface area (Å²) in [5.41, 5.74) is 3.07. The molecule has 1 fully saturated rings. The Morgan fingerprint density at radius 2 is 1.70 bits per heavy atom. The van der Waals surface area contributed by atoms with Crippen molar-refractivity contribution in [2.24, 2.45) is 11.8 Å². The number of Topliss-reactive ketones (excluding diaryl/α,β-unsaturated/α-hetero) is 2. The minimum absolute atomic E-state index is 0.0652. The first-order valence-electron chi connectivity index (χ1n) is 11.6. The Morgan fingerprint density at radius 3 is 2.33 bits per heavy atom. The lowest BCUT2D eigenvalue weighted by molar-refractivity contribution is -0.135. The maximum absolute atomic E-state index is 12.7. The predicted octanol–water partition coefficient (Wildman–Crippen LogP) is 5.77. The molecule has 160 valence electrons. The Bertz CT molecular complexity index is 827. The molecule has 0 radical (unpaired) electrons. The van der Waals surface area contributed by atoms with Crippen LogP contribution in [0, 0.1) is 11.8 Å². The van der Waals surface area contributed by atoms with Gasteiger partial charge in [-0.1, -0.05) is 63.8 Å². The minimum atomic E-state index is -0.402. The van der Waals surface area contributed by atoms with Gasteiger partial charge in [-0.25, -0.2) is 9.97 Å². The third kappa shape index (κ3) is 6.07. The molecule has 1 saturated carbocycles. The highest BCUT2D eigenvalue weighted by Crippen LogP contribution is 2.30. The summed E-state index contributed by atoms with van der Waals surface area (Å²) < 4.78 is 0. The van der Waals surface area contributed by atoms with Gasteiger partial charge in [0.25, 0.3) is 0 Å². The van der Waals surface area contributed by atoms with E-state index < -0.39 is 5.92 Å². The number of nitrogens with zero attached hydrogens (tertiary/aromatic N) is 2. The summed E-state index contributed by atoms with van der Waals surface area (Å²) in [6.45, 7) is 4.35. The van der Waals surface area contributed by atoms with Crippen molar-refractivity contribution in [3.05, 3.63) is 47.8 Å². The Balaban J connectivity index is 1.55. The molecule has 4 heteroatoms. The number of benzene rings is 1. The molecule has 0 bridgehead atoms. The molecule has 4 nitrogen and oxygen atoms in total. The van der Waals surface area contributed by atoms with Gasteiger partial charge in [0.1, 0.15) is 11.6 Å². The molecule has 2 aromatic rings. The Kier molecular flexibility index (Phi) is 8.30. The maximum atomic E-state index is 12.7. The molecule has 0 saturated heterocycles. The zero-order valence-electron chi connectivity index (χ0n) is 18.4. The molecule has 0 N–H and O–H groups in total. The molecular weight excluding hydrogens is 372 g/mol. The Morgan fingerprint density at radius 1 is 0.967 bits per heavy atom. The molecule has 1 aliphatic rings. The van der Waals surface area contributed by atoms with Gasteiger partial charge in [-0.2, -0.15) is 0 Å². The molecule has 1 aromatic carbocycles. The molecule has 0 spiro atoms. The quantitative estimate of drug-likeness (QED) is 0.371. The highest BCUT2D eigenvalue weighted by atomic mass is 16.1. The molecule has 3 rings (SSSR count). The lowest BCUT2D eigenvalue weighted by Gasteiger charge is -2.26. The summed E-state index contributed by atoms with van der Waals surface area (Å²) in [6.07, 6.45) is 13.3. The van der Waals surface area contributed by atoms with Crippen LogP contribution in [0.2, 0.25) is 0 Å². The van der Waals surface area contributed by atoms with Gasteiger partial charge in [-0.15, -0.1) is 0 Å². The van der Waals surface area contributed by atoms with Gasteiger partial charge in [-0.05, 0) is 42.7 Å². The summed E-state index contributed by atoms with van der Waals surface area (Å²) in [7, 11) is 0. The smallest absolute Gasteiger partial charge is 0.159 e. The van der Waals surface area contributed by atoms with Crippen LogP contribution in [0.25, 0.3) is 11.4 Å². The average molecular weight is 407 g/mol. The van der Waals surface area contributed by atoms with Gasteiger partial charge < -0.3 is 0 Å². The SMILES string of the molecule is CCCCCc1cnc(-c2ccc(CC(=O)C3CCC(CCC)CC3=O)cc2)nc1. The van der Waals surface area contributed by atoms with Gasteiger partial charge in [0, 0.05) is 30.8 Å². The number of carbonyl (C=O) groups is 2. The van der Waals surface area contributed by atoms with Crippen molar-refractivity contribution >= 4 is 11.6 Å². The number of rotatable bonds is 10. The second-order valence-electron chi connectivity index (χ2n) is 8.67. The molecule has 30 heavy (non-hydrogen) atoms. The van der Waals surface area contributed by atoms with Crippen LogP contribution in [0.5, 0.6) is 0 Å². The summed E-state index contributed by atoms with van der Waals surface area (Å²) in [4.78, 5) is 34.1. The lowest BCUT2D eigenvalue weighted by atomic mass is 9.76. The zero-order chi connectivity index (χ0) is 21.3. The fourth-order valence-corrected chi connectivity index (χ4v) is 4.40. The molecule has 2 atom stereocenters. The fraction of sp³-hybridized carbons (Fsp3) is 0.538. The summed E-state index contributed by atoms with van der Waals surface area (Å²) in [6, 6.07) is 7.85. The lowest BCUT2D eigenvalue weighted by Crippen LogP contribution is -2.31. The van der Waals surface area contributed by atoms with E-state index >= 15 is 0 Å². The normalized spacial score (nSPS) is 19.1. The Hall–Kier alpha value is -2.36. The maximum Gasteiger partial charge on any atom is 0.159 e. The van der Waals surface area contributed by atoms with E-state index in [-0.39, 0.29) is 11.6 Å². The number of hydrogen-bond donors (Lipinski definition) is 0. The number of aromatic nitrogens is 2. The van der Waals surface area contributed by atoms with Crippen LogP contribution in [0.1, 0.15) is 76.3 Å². The molecule has 1 heterocycles. The third-order valence-corrected chi connectivity index (χ3v) is 6.19. The number of hydrogen-bond acceptors (Lipinski definition) is 4. The minimum Gasteiger partial charge on any atom is -0.299 e. The van der Waals surface area contributed by atoms with Crippen molar-refractivity contribution in [1.29, 1.82) is 0 Å². The van der Waals surface area contributed by atoms with Crippen LogP contribution in [-0.2, 0) is 22.4 Å². The van der Waals surface area contributed by atoms with Crippen molar-refractivity contribution in [2.45, 2.75) is 78.1 Å². The first-order valence-corrected chi connectivity index (χ1v) is 11.6. The van der Waals surface area contributed by atoms with Crippen molar-refractivity contribution in [3.8, 4) is 11.4 Å². The van der Waals surface area contributed by atoms with E-state index in [1.807, 2.05) is 36.7 Å². The second kappa shape index (κ2) is 11.1. The van der Waals surface area contributed by atoms with E-state index in [1.165, 1.54) is 24.8 Å². The number of carbonyl (C=O) groups excluding carboxylic acids is 2. The largest absolute Gasteiger partial charge is 0.299 e. The number of unbranched alkanes of at least 4 members (excludes halogenated alkanes) is 2. The first-order chi connectivity index (χ1) is 14.6. The van der Waals surface area contributed by atoms with Crippen LogP contribution in [0.4, 0.5) is 0 Å². The summed E-state index contributed by atoms with van der Waals surface area (Å²) in [5.74, 6) is 0.992. The topological polar surface area (TPSA) is 59.9 Å². The molecule has 1 aliphatic carbocycles. The van der Waals surface area contributed by atoms with E-state index in [1.54, 1.807) is 0 Å². The Labute approximate surface area is 180 Å². The predicted molar refractivity (Wildman–Crippen MR) is 120 cm³/mol. The van der Waals surface area contributed by atoms with Gasteiger partial charge >= 0.3 is 0 Å². The van der Waals surface area contributed by atoms with E-state index in [2.05, 4.69) is 23.8 Å². The van der Waals surface area contributed by atoms with Crippen molar-refractivity contribution < 1.29 is 9.59 Å². The highest BCUT2D eigenvalue weighted by molar-refractivity contribution is 6.03. The molecule has 0 amide bonds. The van der Waals surface area contributed by atoms with Gasteiger partial charge in [0.15, 0.2) is 5.82 Å². The number of aryl methyl sites for hydroxylation is 1. The highest BCUT2D eigenvalue weighted by Gasteiger charge is 2.32. The van der Waals surface area contributed by atoms with E-state index in [0.717, 1.165) is 43.2 Å². The van der Waals surface area contributed by atoms with Crippen LogP contribution in [0.15, 0.2) is 36.7 Å². The third-order valence-electron chi connectivity index (χ3n) is 6.19. The molecule has 2 unspecified atom stereocenters. The van der Waals surface area contributed by atoms with Gasteiger partial charge in [0.2, 0.25) is 0 Å². The average Bonchev–Trinajstić information content (AvgIpc) is 2.75. The van der Waals surface area contributed by atoms with E-state index in [4.69, 9.17) is 0 Å². The van der Waals surface area contributed by atoms with E-state index in [9.17, 15) is 9.59 Å². The van der Waals surface area contributed by atoms with Crippen LogP contribution in [0.3, 0.4) is 0 Å². The van der Waals surface area contributed by atoms with Crippen LogP contribution < -0.4 is 0 Å². The zero-order valence-corrected chi connectivity index (χ0v) is 18.4. The molecular formula is C26H34N2O2.